The first-order valence-corrected chi connectivity index (χ1v) is 17.2. The standard InChI is InChI=1S/C34H69NO5/c1-4-6-8-9-14-22-32(21-13-7-5-2)24-25-34(38)40-30-19-11-10-16-26-35(27-17-12-18-28-36)31-33(37)23-15-20-29-39-3/h32-33,36-37H,4-31H2,1-3H3. The van der Waals surface area contributed by atoms with Gasteiger partial charge in [-0.3, -0.25) is 4.79 Å². The number of nitrogens with zero attached hydrogens (tertiary/aromatic N) is 1. The zero-order chi connectivity index (χ0) is 29.5. The van der Waals surface area contributed by atoms with E-state index in [1.165, 1.54) is 64.2 Å². The summed E-state index contributed by atoms with van der Waals surface area (Å²) in [6.07, 6.45) is 24.2. The van der Waals surface area contributed by atoms with Crippen LogP contribution in [0.5, 0.6) is 0 Å². The largest absolute Gasteiger partial charge is 0.466 e. The van der Waals surface area contributed by atoms with Crippen LogP contribution < -0.4 is 0 Å². The third kappa shape index (κ3) is 27.5. The van der Waals surface area contributed by atoms with Gasteiger partial charge in [0.2, 0.25) is 0 Å². The summed E-state index contributed by atoms with van der Waals surface area (Å²) in [5.41, 5.74) is 0. The Labute approximate surface area is 249 Å². The van der Waals surface area contributed by atoms with E-state index in [-0.39, 0.29) is 18.7 Å². The fourth-order valence-electron chi connectivity index (χ4n) is 5.46. The average molecular weight is 572 g/mol. The number of unbranched alkanes of at least 4 members (excludes halogenated alkanes) is 12. The van der Waals surface area contributed by atoms with Crippen LogP contribution in [0.3, 0.4) is 0 Å². The normalized spacial score (nSPS) is 13.2. The van der Waals surface area contributed by atoms with Crippen LogP contribution in [0, 0.1) is 5.92 Å². The minimum atomic E-state index is -0.290. The van der Waals surface area contributed by atoms with Gasteiger partial charge in [0.05, 0.1) is 12.7 Å². The lowest BCUT2D eigenvalue weighted by Crippen LogP contribution is -2.34. The van der Waals surface area contributed by atoms with E-state index in [0.29, 0.717) is 18.9 Å². The second-order valence-corrected chi connectivity index (χ2v) is 12.0. The summed E-state index contributed by atoms with van der Waals surface area (Å²) >= 11 is 0. The number of rotatable bonds is 32. The Hall–Kier alpha value is -0.690. The smallest absolute Gasteiger partial charge is 0.305 e. The Morgan fingerprint density at radius 1 is 0.675 bits per heavy atom. The van der Waals surface area contributed by atoms with Crippen LogP contribution in [-0.4, -0.2) is 73.8 Å². The molecule has 0 rings (SSSR count). The highest BCUT2D eigenvalue weighted by Gasteiger charge is 2.13. The van der Waals surface area contributed by atoms with Crippen molar-refractivity contribution >= 4 is 5.97 Å². The minimum absolute atomic E-state index is 0.0139. The molecule has 6 nitrogen and oxygen atoms in total. The van der Waals surface area contributed by atoms with Crippen LogP contribution in [0.15, 0.2) is 0 Å². The van der Waals surface area contributed by atoms with Crippen LogP contribution in [0.1, 0.15) is 155 Å². The fourth-order valence-corrected chi connectivity index (χ4v) is 5.46. The first-order valence-electron chi connectivity index (χ1n) is 17.2. The zero-order valence-electron chi connectivity index (χ0n) is 27.0. The van der Waals surface area contributed by atoms with E-state index in [1.54, 1.807) is 7.11 Å². The molecule has 0 fully saturated rings. The van der Waals surface area contributed by atoms with Crippen LogP contribution in [0.4, 0.5) is 0 Å². The van der Waals surface area contributed by atoms with Gasteiger partial charge in [-0.15, -0.1) is 0 Å². The maximum absolute atomic E-state index is 12.4. The molecule has 0 aromatic heterocycles. The van der Waals surface area contributed by atoms with Crippen molar-refractivity contribution in [3.63, 3.8) is 0 Å². The minimum Gasteiger partial charge on any atom is -0.466 e. The second kappa shape index (κ2) is 31.3. The average Bonchev–Trinajstić information content (AvgIpc) is 2.95. The van der Waals surface area contributed by atoms with Gasteiger partial charge in [0.25, 0.3) is 0 Å². The van der Waals surface area contributed by atoms with Crippen LogP contribution in [0.2, 0.25) is 0 Å². The highest BCUT2D eigenvalue weighted by Crippen LogP contribution is 2.23. The number of hydrogen-bond acceptors (Lipinski definition) is 6. The van der Waals surface area contributed by atoms with E-state index in [9.17, 15) is 9.90 Å². The molecular formula is C34H69NO5. The molecule has 2 atom stereocenters. The van der Waals surface area contributed by atoms with Crippen molar-refractivity contribution in [2.24, 2.45) is 5.92 Å². The highest BCUT2D eigenvalue weighted by atomic mass is 16.5. The van der Waals surface area contributed by atoms with Crippen molar-refractivity contribution in [1.82, 2.24) is 4.90 Å². The molecule has 0 radical (unpaired) electrons. The molecule has 0 aromatic carbocycles. The molecule has 0 aliphatic rings. The highest BCUT2D eigenvalue weighted by molar-refractivity contribution is 5.69. The molecule has 40 heavy (non-hydrogen) atoms. The summed E-state index contributed by atoms with van der Waals surface area (Å²) < 4.78 is 10.7. The van der Waals surface area contributed by atoms with Crippen molar-refractivity contribution in [2.75, 3.05) is 46.6 Å². The third-order valence-corrected chi connectivity index (χ3v) is 8.06. The summed E-state index contributed by atoms with van der Waals surface area (Å²) in [7, 11) is 1.72. The quantitative estimate of drug-likeness (QED) is 0.0628. The van der Waals surface area contributed by atoms with Crippen LogP contribution in [0.25, 0.3) is 0 Å². The molecule has 0 bridgehead atoms. The number of esters is 1. The fraction of sp³-hybridized carbons (Fsp3) is 0.971. The van der Waals surface area contributed by atoms with Crippen molar-refractivity contribution in [3.8, 4) is 0 Å². The monoisotopic (exact) mass is 572 g/mol. The second-order valence-electron chi connectivity index (χ2n) is 12.0. The van der Waals surface area contributed by atoms with Crippen molar-refractivity contribution in [1.29, 1.82) is 0 Å². The predicted octanol–water partition coefficient (Wildman–Crippen LogP) is 8.07. The number of carbonyl (C=O) groups excluding carboxylic acids is 1. The molecule has 0 aliphatic heterocycles. The number of aliphatic hydroxyl groups excluding tert-OH is 2. The predicted molar refractivity (Wildman–Crippen MR) is 169 cm³/mol. The Morgan fingerprint density at radius 3 is 1.90 bits per heavy atom. The Balaban J connectivity index is 4.12. The molecular weight excluding hydrogens is 502 g/mol. The van der Waals surface area contributed by atoms with Gasteiger partial charge in [-0.25, -0.2) is 0 Å². The Bertz CT molecular complexity index is 519. The molecule has 0 spiro atoms. The van der Waals surface area contributed by atoms with E-state index < -0.39 is 0 Å². The van der Waals surface area contributed by atoms with Gasteiger partial charge in [-0.1, -0.05) is 90.9 Å². The zero-order valence-corrected chi connectivity index (χ0v) is 27.0. The molecule has 0 amide bonds. The Morgan fingerprint density at radius 2 is 1.23 bits per heavy atom. The van der Waals surface area contributed by atoms with E-state index in [2.05, 4.69) is 18.7 Å². The SMILES string of the molecule is CCCCCCCC(CCCCC)CCC(=O)OCCCCCCN(CCCCCO)CC(O)CCCCOC. The van der Waals surface area contributed by atoms with Crippen molar-refractivity contribution < 1.29 is 24.5 Å². The summed E-state index contributed by atoms with van der Waals surface area (Å²) in [6.45, 7) is 8.76. The number of aliphatic hydroxyl groups is 2. The Kier molecular flexibility index (Phi) is 30.7. The summed E-state index contributed by atoms with van der Waals surface area (Å²) in [5.74, 6) is 0.663. The topological polar surface area (TPSA) is 79.2 Å². The summed E-state index contributed by atoms with van der Waals surface area (Å²) in [5, 5.41) is 19.5. The van der Waals surface area contributed by atoms with Gasteiger partial charge in [0.15, 0.2) is 0 Å². The van der Waals surface area contributed by atoms with Crippen LogP contribution in [-0.2, 0) is 14.3 Å². The first kappa shape index (κ1) is 39.3. The van der Waals surface area contributed by atoms with Crippen LogP contribution >= 0.6 is 0 Å². The lowest BCUT2D eigenvalue weighted by Gasteiger charge is -2.25. The molecule has 0 saturated heterocycles. The third-order valence-electron chi connectivity index (χ3n) is 8.06. The van der Waals surface area contributed by atoms with Gasteiger partial charge < -0.3 is 24.6 Å². The maximum atomic E-state index is 12.4. The summed E-state index contributed by atoms with van der Waals surface area (Å²) in [6, 6.07) is 0. The molecule has 240 valence electrons. The van der Waals surface area contributed by atoms with Gasteiger partial charge in [-0.05, 0) is 76.8 Å². The van der Waals surface area contributed by atoms with E-state index in [0.717, 1.165) is 96.9 Å². The van der Waals surface area contributed by atoms with Gasteiger partial charge in [0.1, 0.15) is 0 Å². The van der Waals surface area contributed by atoms with E-state index >= 15 is 0 Å². The lowest BCUT2D eigenvalue weighted by molar-refractivity contribution is -0.144. The van der Waals surface area contributed by atoms with Gasteiger partial charge in [-0.2, -0.15) is 0 Å². The first-order chi connectivity index (χ1) is 19.6. The van der Waals surface area contributed by atoms with Gasteiger partial charge in [0, 0.05) is 33.3 Å². The number of ether oxygens (including phenoxy) is 2. The number of carbonyl (C=O) groups is 1. The van der Waals surface area contributed by atoms with Gasteiger partial charge >= 0.3 is 5.97 Å². The summed E-state index contributed by atoms with van der Waals surface area (Å²) in [4.78, 5) is 14.7. The van der Waals surface area contributed by atoms with E-state index in [4.69, 9.17) is 14.6 Å². The molecule has 6 heteroatoms. The molecule has 2 N–H and O–H groups in total. The van der Waals surface area contributed by atoms with Crippen molar-refractivity contribution in [2.45, 2.75) is 161 Å². The molecule has 0 aliphatic carbocycles. The molecule has 0 aromatic rings. The molecule has 0 saturated carbocycles. The molecule has 0 heterocycles. The van der Waals surface area contributed by atoms with E-state index in [1.807, 2.05) is 0 Å². The molecule has 2 unspecified atom stereocenters. The lowest BCUT2D eigenvalue weighted by atomic mass is 9.90. The maximum Gasteiger partial charge on any atom is 0.305 e. The number of hydrogen-bond donors (Lipinski definition) is 2. The number of methoxy groups -OCH3 is 1. The van der Waals surface area contributed by atoms with Crippen molar-refractivity contribution in [3.05, 3.63) is 0 Å².